The van der Waals surface area contributed by atoms with Crippen molar-refractivity contribution >= 4 is 39.9 Å². The van der Waals surface area contributed by atoms with Gasteiger partial charge in [-0.1, -0.05) is 17.7 Å². The van der Waals surface area contributed by atoms with Crippen LogP contribution in [0.15, 0.2) is 77.7 Å². The highest BCUT2D eigenvalue weighted by Crippen LogP contribution is 2.21. The van der Waals surface area contributed by atoms with E-state index in [1.54, 1.807) is 78.4 Å². The molecule has 4 rings (SSSR count). The first-order chi connectivity index (χ1) is 16.4. The van der Waals surface area contributed by atoms with Gasteiger partial charge in [-0.05, 0) is 54.6 Å². The van der Waals surface area contributed by atoms with E-state index in [1.165, 1.54) is 13.3 Å². The molecular formula is C26H21ClN2O5. The number of hydrogen-bond acceptors (Lipinski definition) is 5. The number of fused-ring (bicyclic) bond motifs is 1. The van der Waals surface area contributed by atoms with Gasteiger partial charge in [-0.3, -0.25) is 14.4 Å². The molecule has 0 unspecified atom stereocenters. The minimum atomic E-state index is -0.464. The van der Waals surface area contributed by atoms with Gasteiger partial charge in [-0.15, -0.1) is 0 Å². The van der Waals surface area contributed by atoms with Crippen molar-refractivity contribution in [1.29, 1.82) is 0 Å². The second-order valence-electron chi connectivity index (χ2n) is 7.50. The number of amides is 1. The summed E-state index contributed by atoms with van der Waals surface area (Å²) < 4.78 is 12.0. The molecule has 0 saturated heterocycles. The third-order valence-corrected chi connectivity index (χ3v) is 5.56. The maximum Gasteiger partial charge on any atom is 0.244 e. The van der Waals surface area contributed by atoms with Crippen LogP contribution in [0, 0.1) is 0 Å². The lowest BCUT2D eigenvalue weighted by Gasteiger charge is -2.14. The number of ketones is 1. The molecule has 0 bridgehead atoms. The lowest BCUT2D eigenvalue weighted by atomic mass is 10.0. The molecule has 0 fully saturated rings. The minimum absolute atomic E-state index is 0.0581. The van der Waals surface area contributed by atoms with Crippen molar-refractivity contribution in [3.63, 3.8) is 0 Å². The fraction of sp³-hybridized carbons (Fsp3) is 0.115. The van der Waals surface area contributed by atoms with Crippen molar-refractivity contribution in [3.8, 4) is 11.5 Å². The van der Waals surface area contributed by atoms with Crippen LogP contribution < -0.4 is 20.2 Å². The van der Waals surface area contributed by atoms with Crippen LogP contribution in [0.4, 0.5) is 5.69 Å². The summed E-state index contributed by atoms with van der Waals surface area (Å²) in [5, 5.41) is 3.56. The standard InChI is InChI=1S/C26H21ClN2O5/c1-33-19-5-3-4-18(12-19)28-24(30)15-29-14-22(25(31)16-6-8-17(27)9-7-16)26(32)21-13-20(34-2)10-11-23(21)29/h3-14H,15H2,1-2H3,(H,28,30). The number of hydrogen-bond donors (Lipinski definition) is 1. The molecule has 0 atom stereocenters. The van der Waals surface area contributed by atoms with E-state index in [4.69, 9.17) is 21.1 Å². The third kappa shape index (κ3) is 4.79. The molecular weight excluding hydrogens is 456 g/mol. The van der Waals surface area contributed by atoms with Gasteiger partial charge in [0.05, 0.1) is 30.7 Å². The van der Waals surface area contributed by atoms with Gasteiger partial charge in [0.1, 0.15) is 18.0 Å². The largest absolute Gasteiger partial charge is 0.497 e. The first-order valence-electron chi connectivity index (χ1n) is 10.3. The average molecular weight is 477 g/mol. The Balaban J connectivity index is 1.76. The van der Waals surface area contributed by atoms with Crippen LogP contribution >= 0.6 is 11.6 Å². The Morgan fingerprint density at radius 1 is 0.941 bits per heavy atom. The number of carbonyl (C=O) groups excluding carboxylic acids is 2. The van der Waals surface area contributed by atoms with Crippen molar-refractivity contribution in [1.82, 2.24) is 4.57 Å². The molecule has 3 aromatic carbocycles. The highest BCUT2D eigenvalue weighted by atomic mass is 35.5. The SMILES string of the molecule is COc1cccc(NC(=O)Cn2cc(C(=O)c3ccc(Cl)cc3)c(=O)c3cc(OC)ccc32)c1. The lowest BCUT2D eigenvalue weighted by molar-refractivity contribution is -0.116. The molecule has 4 aromatic rings. The van der Waals surface area contributed by atoms with E-state index in [0.29, 0.717) is 33.3 Å². The van der Waals surface area contributed by atoms with E-state index >= 15 is 0 Å². The molecule has 1 amide bonds. The molecule has 0 spiro atoms. The van der Waals surface area contributed by atoms with Gasteiger partial charge >= 0.3 is 0 Å². The lowest BCUT2D eigenvalue weighted by Crippen LogP contribution is -2.24. The highest BCUT2D eigenvalue weighted by molar-refractivity contribution is 6.30. The molecule has 0 radical (unpaired) electrons. The Bertz CT molecular complexity index is 1440. The summed E-state index contributed by atoms with van der Waals surface area (Å²) in [7, 11) is 3.03. The second-order valence-corrected chi connectivity index (χ2v) is 7.94. The molecule has 8 heteroatoms. The Kier molecular flexibility index (Phi) is 6.65. The summed E-state index contributed by atoms with van der Waals surface area (Å²) in [5.41, 5.74) is 0.875. The Morgan fingerprint density at radius 3 is 2.35 bits per heavy atom. The van der Waals surface area contributed by atoms with Crippen molar-refractivity contribution in [3.05, 3.63) is 99.3 Å². The van der Waals surface area contributed by atoms with Crippen molar-refractivity contribution in [2.24, 2.45) is 0 Å². The third-order valence-electron chi connectivity index (χ3n) is 5.31. The van der Waals surface area contributed by atoms with Gasteiger partial charge in [0.25, 0.3) is 0 Å². The number of carbonyl (C=O) groups is 2. The Labute approximate surface area is 200 Å². The van der Waals surface area contributed by atoms with Crippen LogP contribution in [0.3, 0.4) is 0 Å². The van der Waals surface area contributed by atoms with Crippen molar-refractivity contribution in [2.75, 3.05) is 19.5 Å². The second kappa shape index (κ2) is 9.80. The van der Waals surface area contributed by atoms with Crippen molar-refractivity contribution in [2.45, 2.75) is 6.54 Å². The van der Waals surface area contributed by atoms with Crippen LogP contribution in [0.1, 0.15) is 15.9 Å². The van der Waals surface area contributed by atoms with Gasteiger partial charge in [0.2, 0.25) is 11.3 Å². The molecule has 172 valence electrons. The molecule has 7 nitrogen and oxygen atoms in total. The first-order valence-corrected chi connectivity index (χ1v) is 10.7. The number of methoxy groups -OCH3 is 2. The van der Waals surface area contributed by atoms with Crippen LogP contribution in [0.2, 0.25) is 5.02 Å². The monoisotopic (exact) mass is 476 g/mol. The summed E-state index contributed by atoms with van der Waals surface area (Å²) in [6.45, 7) is -0.124. The molecule has 0 aliphatic rings. The average Bonchev–Trinajstić information content (AvgIpc) is 2.85. The van der Waals surface area contributed by atoms with Crippen molar-refractivity contribution < 1.29 is 19.1 Å². The summed E-state index contributed by atoms with van der Waals surface area (Å²) >= 11 is 5.93. The van der Waals surface area contributed by atoms with Crippen LogP contribution in [-0.2, 0) is 11.3 Å². The number of halogens is 1. The zero-order valence-corrected chi connectivity index (χ0v) is 19.3. The van der Waals surface area contributed by atoms with E-state index in [2.05, 4.69) is 5.32 Å². The topological polar surface area (TPSA) is 86.6 Å². The van der Waals surface area contributed by atoms with E-state index < -0.39 is 11.2 Å². The van der Waals surface area contributed by atoms with E-state index in [1.807, 2.05) is 0 Å². The van der Waals surface area contributed by atoms with Crippen LogP contribution in [0.5, 0.6) is 11.5 Å². The smallest absolute Gasteiger partial charge is 0.244 e. The zero-order valence-electron chi connectivity index (χ0n) is 18.5. The zero-order chi connectivity index (χ0) is 24.2. The van der Waals surface area contributed by atoms with Gasteiger partial charge in [0.15, 0.2) is 5.78 Å². The maximum absolute atomic E-state index is 13.2. The molecule has 1 N–H and O–H groups in total. The molecule has 0 saturated carbocycles. The Hall–Kier alpha value is -4.10. The number of nitrogens with zero attached hydrogens (tertiary/aromatic N) is 1. The predicted molar refractivity (Wildman–Crippen MR) is 131 cm³/mol. The highest BCUT2D eigenvalue weighted by Gasteiger charge is 2.19. The molecule has 1 aromatic heterocycles. The molecule has 1 heterocycles. The molecule has 0 aliphatic heterocycles. The van der Waals surface area contributed by atoms with Gasteiger partial charge in [0, 0.05) is 28.5 Å². The number of pyridine rings is 1. The fourth-order valence-corrected chi connectivity index (χ4v) is 3.73. The number of rotatable bonds is 7. The number of nitrogens with one attached hydrogen (secondary N) is 1. The van der Waals surface area contributed by atoms with Gasteiger partial charge in [-0.2, -0.15) is 0 Å². The number of benzene rings is 3. The molecule has 0 aliphatic carbocycles. The summed E-state index contributed by atoms with van der Waals surface area (Å²) in [4.78, 5) is 39.3. The number of anilines is 1. The van der Waals surface area contributed by atoms with E-state index in [-0.39, 0.29) is 23.4 Å². The number of aromatic nitrogens is 1. The first kappa shape index (κ1) is 23.1. The van der Waals surface area contributed by atoms with E-state index in [9.17, 15) is 14.4 Å². The summed E-state index contributed by atoms with van der Waals surface area (Å²) in [5.74, 6) is 0.273. The van der Waals surface area contributed by atoms with Crippen LogP contribution in [0.25, 0.3) is 10.9 Å². The quantitative estimate of drug-likeness (QED) is 0.396. The molecule has 34 heavy (non-hydrogen) atoms. The van der Waals surface area contributed by atoms with E-state index in [0.717, 1.165) is 0 Å². The normalized spacial score (nSPS) is 10.7. The fourth-order valence-electron chi connectivity index (χ4n) is 3.61. The maximum atomic E-state index is 13.2. The predicted octanol–water partition coefficient (Wildman–Crippen LogP) is 4.54. The van der Waals surface area contributed by atoms with Crippen LogP contribution in [-0.4, -0.2) is 30.5 Å². The summed E-state index contributed by atoms with van der Waals surface area (Å²) in [6, 6.07) is 18.2. The minimum Gasteiger partial charge on any atom is -0.497 e. The Morgan fingerprint density at radius 2 is 1.65 bits per heavy atom. The summed E-state index contributed by atoms with van der Waals surface area (Å²) in [6.07, 6.45) is 1.42. The van der Waals surface area contributed by atoms with Gasteiger partial charge in [-0.25, -0.2) is 0 Å². The number of ether oxygens (including phenoxy) is 2. The van der Waals surface area contributed by atoms with Gasteiger partial charge < -0.3 is 19.4 Å².